The van der Waals surface area contributed by atoms with E-state index in [0.29, 0.717) is 16.7 Å². The van der Waals surface area contributed by atoms with E-state index >= 15 is 0 Å². The molecule has 3 aromatic rings. The molecule has 0 amide bonds. The van der Waals surface area contributed by atoms with Crippen LogP contribution in [0.15, 0.2) is 30.4 Å². The summed E-state index contributed by atoms with van der Waals surface area (Å²) in [7, 11) is 2.87. The van der Waals surface area contributed by atoms with Gasteiger partial charge in [0.2, 0.25) is 5.75 Å². The number of furan rings is 1. The highest BCUT2D eigenvalue weighted by Gasteiger charge is 2.25. The summed E-state index contributed by atoms with van der Waals surface area (Å²) >= 11 is 2.99. The zero-order valence-corrected chi connectivity index (χ0v) is 12.1. The van der Waals surface area contributed by atoms with Crippen LogP contribution >= 0.6 is 15.9 Å². The van der Waals surface area contributed by atoms with Gasteiger partial charge in [-0.1, -0.05) is 0 Å². The summed E-state index contributed by atoms with van der Waals surface area (Å²) in [5.74, 6) is 0.293. The fourth-order valence-corrected chi connectivity index (χ4v) is 2.45. The fourth-order valence-electron chi connectivity index (χ4n) is 2.17. The van der Waals surface area contributed by atoms with Crippen LogP contribution < -0.4 is 15.1 Å². The molecule has 0 atom stereocenters. The maximum Gasteiger partial charge on any atom is 0.354 e. The third-order valence-corrected chi connectivity index (χ3v) is 3.70. The molecule has 0 aliphatic carbocycles. The Labute approximate surface area is 120 Å². The molecule has 1 N–H and O–H groups in total. The lowest BCUT2D eigenvalue weighted by molar-refractivity contribution is 0.393. The molecule has 0 fully saturated rings. The highest BCUT2D eigenvalue weighted by atomic mass is 79.9. The lowest BCUT2D eigenvalue weighted by Crippen LogP contribution is -2.02. The van der Waals surface area contributed by atoms with Gasteiger partial charge in [-0.2, -0.15) is 0 Å². The average Bonchev–Trinajstić information content (AvgIpc) is 2.91. The minimum absolute atomic E-state index is 0.0671. The van der Waals surface area contributed by atoms with Crippen LogP contribution in [0.25, 0.3) is 21.9 Å². The Hall–Kier alpha value is -2.15. The Morgan fingerprint density at radius 2 is 1.90 bits per heavy atom. The fraction of sp³-hybridized carbons (Fsp3) is 0.154. The molecule has 104 valence electrons. The number of benzene rings is 1. The molecule has 1 aromatic carbocycles. The molecule has 0 saturated heterocycles. The van der Waals surface area contributed by atoms with Crippen molar-refractivity contribution < 1.29 is 23.4 Å². The lowest BCUT2D eigenvalue weighted by Gasteiger charge is -2.11. The molecule has 0 unspecified atom stereocenters. The van der Waals surface area contributed by atoms with E-state index in [1.807, 2.05) is 0 Å². The second kappa shape index (κ2) is 4.45. The predicted octanol–water partition coefficient (Wildman–Crippen LogP) is 3.02. The summed E-state index contributed by atoms with van der Waals surface area (Å²) in [5, 5.41) is 11.0. The van der Waals surface area contributed by atoms with Gasteiger partial charge in [0.05, 0.1) is 25.9 Å². The number of rotatable bonds is 2. The summed E-state index contributed by atoms with van der Waals surface area (Å²) in [6.45, 7) is 0. The van der Waals surface area contributed by atoms with Gasteiger partial charge in [-0.05, 0) is 22.0 Å². The Bertz CT molecular complexity index is 876. The van der Waals surface area contributed by atoms with Crippen molar-refractivity contribution in [1.82, 2.24) is 0 Å². The number of hydrogen-bond donors (Lipinski definition) is 1. The largest absolute Gasteiger partial charge is 0.506 e. The highest BCUT2D eigenvalue weighted by Crippen LogP contribution is 2.47. The van der Waals surface area contributed by atoms with Crippen LogP contribution in [0.1, 0.15) is 0 Å². The van der Waals surface area contributed by atoms with Crippen LogP contribution in [0.5, 0.6) is 17.2 Å². The minimum atomic E-state index is -0.721. The topological polar surface area (TPSA) is 82.0 Å². The molecule has 2 heterocycles. The summed E-state index contributed by atoms with van der Waals surface area (Å²) in [5.41, 5.74) is -0.277. The second-order valence-corrected chi connectivity index (χ2v) is 4.78. The van der Waals surface area contributed by atoms with Crippen LogP contribution in [-0.4, -0.2) is 19.3 Å². The smallest absolute Gasteiger partial charge is 0.354 e. The molecule has 6 nitrogen and oxygen atoms in total. The van der Waals surface area contributed by atoms with Crippen LogP contribution in [0, 0.1) is 0 Å². The third kappa shape index (κ3) is 1.53. The van der Waals surface area contributed by atoms with Crippen molar-refractivity contribution in [2.75, 3.05) is 14.2 Å². The van der Waals surface area contributed by atoms with Gasteiger partial charge in [0, 0.05) is 0 Å². The zero-order valence-electron chi connectivity index (χ0n) is 10.5. The molecule has 20 heavy (non-hydrogen) atoms. The van der Waals surface area contributed by atoms with Gasteiger partial charge in [-0.15, -0.1) is 0 Å². The maximum atomic E-state index is 11.7. The first kappa shape index (κ1) is 12.9. The van der Waals surface area contributed by atoms with E-state index in [0.717, 1.165) is 0 Å². The summed E-state index contributed by atoms with van der Waals surface area (Å²) in [4.78, 5) is 11.7. The van der Waals surface area contributed by atoms with Crippen molar-refractivity contribution in [1.29, 1.82) is 0 Å². The van der Waals surface area contributed by atoms with E-state index < -0.39 is 5.63 Å². The van der Waals surface area contributed by atoms with Gasteiger partial charge in [0.1, 0.15) is 15.6 Å². The normalized spacial score (nSPS) is 11.2. The Morgan fingerprint density at radius 3 is 2.55 bits per heavy atom. The number of aromatic hydroxyl groups is 1. The molecule has 0 spiro atoms. The molecule has 3 rings (SSSR count). The number of fused-ring (bicyclic) bond motifs is 2. The summed E-state index contributed by atoms with van der Waals surface area (Å²) < 4.78 is 21.0. The third-order valence-electron chi connectivity index (χ3n) is 3.00. The van der Waals surface area contributed by atoms with Gasteiger partial charge < -0.3 is 23.4 Å². The Morgan fingerprint density at radius 1 is 1.20 bits per heavy atom. The molecule has 0 bridgehead atoms. The molecule has 0 aliphatic heterocycles. The maximum absolute atomic E-state index is 11.7. The van der Waals surface area contributed by atoms with Crippen molar-refractivity contribution in [2.45, 2.75) is 0 Å². The first-order valence-electron chi connectivity index (χ1n) is 5.56. The summed E-state index contributed by atoms with van der Waals surface area (Å²) in [6.07, 6.45) is 1.46. The van der Waals surface area contributed by atoms with Gasteiger partial charge in [-0.3, -0.25) is 0 Å². The first-order valence-corrected chi connectivity index (χ1v) is 6.35. The number of methoxy groups -OCH3 is 2. The van der Waals surface area contributed by atoms with Crippen LogP contribution in [0.2, 0.25) is 0 Å². The molecule has 7 heteroatoms. The van der Waals surface area contributed by atoms with Crippen molar-refractivity contribution in [3.63, 3.8) is 0 Å². The van der Waals surface area contributed by atoms with Crippen LogP contribution in [-0.2, 0) is 0 Å². The minimum Gasteiger partial charge on any atom is -0.506 e. The highest BCUT2D eigenvalue weighted by molar-refractivity contribution is 9.10. The van der Waals surface area contributed by atoms with Gasteiger partial charge >= 0.3 is 5.63 Å². The molecule has 0 aliphatic rings. The van der Waals surface area contributed by atoms with E-state index in [9.17, 15) is 9.90 Å². The van der Waals surface area contributed by atoms with Crippen molar-refractivity contribution in [3.8, 4) is 17.2 Å². The molecular weight excluding hydrogens is 332 g/mol. The van der Waals surface area contributed by atoms with Crippen molar-refractivity contribution in [3.05, 3.63) is 27.2 Å². The first-order chi connectivity index (χ1) is 9.60. The monoisotopic (exact) mass is 340 g/mol. The van der Waals surface area contributed by atoms with E-state index in [2.05, 4.69) is 15.9 Å². The standard InChI is InChI=1S/C13H9BrO6/c1-17-9-5-3-4-19-10(5)12(18-2)11-6(9)8(15)7(14)13(16)20-11/h3-4,15H,1-2H3. The lowest BCUT2D eigenvalue weighted by atomic mass is 10.1. The zero-order chi connectivity index (χ0) is 14.4. The number of hydrogen-bond acceptors (Lipinski definition) is 6. The Balaban J connectivity index is 2.70. The SMILES string of the molecule is COc1c2occc2c(OC)c2c(O)c(Br)c(=O)oc12. The molecular formula is C13H9BrO6. The van der Waals surface area contributed by atoms with Gasteiger partial charge in [0.15, 0.2) is 16.9 Å². The molecule has 0 saturated carbocycles. The van der Waals surface area contributed by atoms with E-state index in [4.69, 9.17) is 18.3 Å². The quantitative estimate of drug-likeness (QED) is 0.722. The second-order valence-electron chi connectivity index (χ2n) is 3.99. The predicted molar refractivity (Wildman–Crippen MR) is 74.7 cm³/mol. The van der Waals surface area contributed by atoms with E-state index in [-0.39, 0.29) is 26.9 Å². The number of halogens is 1. The van der Waals surface area contributed by atoms with Gasteiger partial charge in [-0.25, -0.2) is 4.79 Å². The van der Waals surface area contributed by atoms with Crippen LogP contribution in [0.3, 0.4) is 0 Å². The van der Waals surface area contributed by atoms with Crippen LogP contribution in [0.4, 0.5) is 0 Å². The summed E-state index contributed by atoms with van der Waals surface area (Å²) in [6, 6.07) is 1.68. The number of ether oxygens (including phenoxy) is 2. The van der Waals surface area contributed by atoms with E-state index in [1.54, 1.807) is 6.07 Å². The molecule has 0 radical (unpaired) electrons. The van der Waals surface area contributed by atoms with Crippen molar-refractivity contribution in [2.24, 2.45) is 0 Å². The van der Waals surface area contributed by atoms with E-state index in [1.165, 1.54) is 20.5 Å². The average molecular weight is 341 g/mol. The Kier molecular flexibility index (Phi) is 2.86. The van der Waals surface area contributed by atoms with Crippen molar-refractivity contribution >= 4 is 37.9 Å². The van der Waals surface area contributed by atoms with Gasteiger partial charge in [0.25, 0.3) is 0 Å². The molecule has 2 aromatic heterocycles.